The molecule has 0 aliphatic heterocycles. The molecule has 1 N–H and O–H groups in total. The highest BCUT2D eigenvalue weighted by atomic mass is 16.1. The van der Waals surface area contributed by atoms with Crippen LogP contribution in [0.2, 0.25) is 0 Å². The lowest BCUT2D eigenvalue weighted by molar-refractivity contribution is -0.124. The highest BCUT2D eigenvalue weighted by molar-refractivity contribution is 5.79. The number of hydrogen-bond acceptors (Lipinski definition) is 2. The van der Waals surface area contributed by atoms with Crippen LogP contribution < -0.4 is 5.32 Å². The lowest BCUT2D eigenvalue weighted by Crippen LogP contribution is -2.32. The number of aromatic nitrogens is 2. The van der Waals surface area contributed by atoms with Gasteiger partial charge in [-0.05, 0) is 39.0 Å². The average Bonchev–Trinajstić information content (AvgIpc) is 3.00. The van der Waals surface area contributed by atoms with E-state index in [4.69, 9.17) is 0 Å². The minimum atomic E-state index is 0.156. The van der Waals surface area contributed by atoms with Gasteiger partial charge in [0.05, 0.1) is 0 Å². The molecule has 0 radical (unpaired) electrons. The van der Waals surface area contributed by atoms with Crippen LogP contribution in [0.15, 0.2) is 18.3 Å². The monoisotopic (exact) mass is 273 g/mol. The van der Waals surface area contributed by atoms with E-state index in [1.807, 2.05) is 6.20 Å². The maximum Gasteiger partial charge on any atom is 0.223 e. The molecule has 0 unspecified atom stereocenters. The van der Waals surface area contributed by atoms with Gasteiger partial charge in [0.1, 0.15) is 5.82 Å². The molecule has 20 heavy (non-hydrogen) atoms. The fourth-order valence-electron chi connectivity index (χ4n) is 3.10. The van der Waals surface area contributed by atoms with Crippen molar-refractivity contribution >= 4 is 5.91 Å². The van der Waals surface area contributed by atoms with Crippen molar-refractivity contribution in [2.45, 2.75) is 51.5 Å². The van der Waals surface area contributed by atoms with E-state index in [0.29, 0.717) is 12.6 Å². The fraction of sp³-hybridized carbons (Fsp3) is 0.625. The number of rotatable bonds is 5. The minimum Gasteiger partial charge on any atom is -0.355 e. The number of nitrogens with one attached hydrogen (secondary N) is 1. The maximum absolute atomic E-state index is 11.9. The Bertz CT molecular complexity index is 506. The molecule has 1 saturated carbocycles. The maximum atomic E-state index is 11.9. The number of hydrogen-bond donors (Lipinski definition) is 1. The number of aryl methyl sites for hydroxylation is 1. The molecule has 4 heteroatoms. The third kappa shape index (κ3) is 2.65. The molecule has 1 amide bonds. The van der Waals surface area contributed by atoms with Gasteiger partial charge in [-0.3, -0.25) is 4.79 Å². The van der Waals surface area contributed by atoms with Gasteiger partial charge >= 0.3 is 0 Å². The van der Waals surface area contributed by atoms with Gasteiger partial charge < -0.3 is 9.88 Å². The van der Waals surface area contributed by atoms with Gasteiger partial charge in [0, 0.05) is 36.8 Å². The number of carbonyl (C=O) groups is 1. The zero-order valence-electron chi connectivity index (χ0n) is 12.1. The molecule has 108 valence electrons. The summed E-state index contributed by atoms with van der Waals surface area (Å²) in [5.74, 6) is 1.47. The predicted octanol–water partition coefficient (Wildman–Crippen LogP) is 2.54. The van der Waals surface area contributed by atoms with Gasteiger partial charge in [0.25, 0.3) is 0 Å². The van der Waals surface area contributed by atoms with Crippen LogP contribution in [0, 0.1) is 12.8 Å². The van der Waals surface area contributed by atoms with E-state index in [1.54, 1.807) is 0 Å². The van der Waals surface area contributed by atoms with Crippen molar-refractivity contribution in [1.29, 1.82) is 0 Å². The highest BCUT2D eigenvalue weighted by Crippen LogP contribution is 2.33. The number of imidazole rings is 1. The Hall–Kier alpha value is -1.58. The summed E-state index contributed by atoms with van der Waals surface area (Å²) in [6.45, 7) is 2.82. The van der Waals surface area contributed by atoms with E-state index < -0.39 is 0 Å². The van der Waals surface area contributed by atoms with Crippen LogP contribution in [0.5, 0.6) is 0 Å². The molecule has 0 bridgehead atoms. The van der Waals surface area contributed by atoms with Gasteiger partial charge in [-0.2, -0.15) is 0 Å². The Balaban J connectivity index is 1.52. The number of allylic oxidation sites excluding steroid dienone is 2. The van der Waals surface area contributed by atoms with Crippen LogP contribution in [0.4, 0.5) is 0 Å². The predicted molar refractivity (Wildman–Crippen MR) is 78.4 cm³/mol. The van der Waals surface area contributed by atoms with Crippen molar-refractivity contribution in [3.63, 3.8) is 0 Å². The van der Waals surface area contributed by atoms with E-state index in [2.05, 4.69) is 33.9 Å². The van der Waals surface area contributed by atoms with Crippen LogP contribution in [0.3, 0.4) is 0 Å². The molecule has 1 heterocycles. The van der Waals surface area contributed by atoms with Crippen LogP contribution >= 0.6 is 0 Å². The molecular weight excluding hydrogens is 250 g/mol. The Morgan fingerprint density at radius 1 is 1.40 bits per heavy atom. The average molecular weight is 273 g/mol. The van der Waals surface area contributed by atoms with Crippen molar-refractivity contribution < 1.29 is 4.79 Å². The molecule has 1 fully saturated rings. The zero-order valence-corrected chi connectivity index (χ0v) is 12.1. The third-order valence-corrected chi connectivity index (χ3v) is 4.52. The molecule has 0 aromatic carbocycles. The third-order valence-electron chi connectivity index (χ3n) is 4.52. The summed E-state index contributed by atoms with van der Waals surface area (Å²) in [5, 5.41) is 3.05. The Morgan fingerprint density at radius 2 is 2.15 bits per heavy atom. The van der Waals surface area contributed by atoms with E-state index in [9.17, 15) is 4.79 Å². The number of nitrogens with zero attached hydrogens (tertiary/aromatic N) is 2. The summed E-state index contributed by atoms with van der Waals surface area (Å²) in [5.41, 5.74) is 1.25. The van der Waals surface area contributed by atoms with Gasteiger partial charge in [0.2, 0.25) is 5.91 Å². The van der Waals surface area contributed by atoms with Gasteiger partial charge in [0.15, 0.2) is 0 Å². The molecule has 0 atom stereocenters. The lowest BCUT2D eigenvalue weighted by atomic mass is 9.92. The summed E-state index contributed by atoms with van der Waals surface area (Å²) < 4.78 is 2.37. The summed E-state index contributed by atoms with van der Waals surface area (Å²) in [6.07, 6.45) is 12.6. The highest BCUT2D eigenvalue weighted by Gasteiger charge is 2.23. The topological polar surface area (TPSA) is 46.9 Å². The Morgan fingerprint density at radius 3 is 2.80 bits per heavy atom. The standard InChI is InChI=1S/C16H23N3O/c1-12-11-18-15(19(12)14-7-4-8-14)9-10-17-16(20)13-5-2-3-6-13/h2-3,11,13-14H,4-10H2,1H3,(H,17,20). The first kappa shape index (κ1) is 13.4. The molecule has 2 aliphatic rings. The van der Waals surface area contributed by atoms with E-state index in [0.717, 1.165) is 25.1 Å². The zero-order chi connectivity index (χ0) is 13.9. The first-order valence-electron chi connectivity index (χ1n) is 7.71. The molecule has 2 aliphatic carbocycles. The SMILES string of the molecule is Cc1cnc(CCNC(=O)C2CC=CC2)n1C1CCC1. The van der Waals surface area contributed by atoms with Crippen LogP contribution in [0.1, 0.15) is 49.7 Å². The minimum absolute atomic E-state index is 0.156. The molecular formula is C16H23N3O. The number of amides is 1. The Kier molecular flexibility index (Phi) is 3.90. The van der Waals surface area contributed by atoms with Gasteiger partial charge in [-0.25, -0.2) is 4.98 Å². The smallest absolute Gasteiger partial charge is 0.223 e. The van der Waals surface area contributed by atoms with E-state index in [1.165, 1.54) is 25.0 Å². The summed E-state index contributed by atoms with van der Waals surface area (Å²) in [6, 6.07) is 0.641. The van der Waals surface area contributed by atoms with Crippen molar-refractivity contribution in [1.82, 2.24) is 14.9 Å². The van der Waals surface area contributed by atoms with Crippen LogP contribution in [0.25, 0.3) is 0 Å². The van der Waals surface area contributed by atoms with Crippen molar-refractivity contribution in [3.8, 4) is 0 Å². The quantitative estimate of drug-likeness (QED) is 0.838. The van der Waals surface area contributed by atoms with Crippen molar-refractivity contribution in [3.05, 3.63) is 29.9 Å². The molecule has 0 saturated heterocycles. The molecule has 3 rings (SSSR count). The summed E-state index contributed by atoms with van der Waals surface area (Å²) >= 11 is 0. The van der Waals surface area contributed by atoms with E-state index >= 15 is 0 Å². The number of carbonyl (C=O) groups excluding carboxylic acids is 1. The summed E-state index contributed by atoms with van der Waals surface area (Å²) in [7, 11) is 0. The second kappa shape index (κ2) is 5.81. The van der Waals surface area contributed by atoms with Crippen molar-refractivity contribution in [2.75, 3.05) is 6.54 Å². The molecule has 1 aromatic rings. The van der Waals surface area contributed by atoms with Gasteiger partial charge in [-0.1, -0.05) is 12.2 Å². The lowest BCUT2D eigenvalue weighted by Gasteiger charge is -2.29. The first-order chi connectivity index (χ1) is 9.75. The second-order valence-electron chi connectivity index (χ2n) is 5.95. The van der Waals surface area contributed by atoms with Crippen LogP contribution in [-0.4, -0.2) is 22.0 Å². The van der Waals surface area contributed by atoms with Crippen LogP contribution in [-0.2, 0) is 11.2 Å². The van der Waals surface area contributed by atoms with Gasteiger partial charge in [-0.15, -0.1) is 0 Å². The Labute approximate surface area is 120 Å². The largest absolute Gasteiger partial charge is 0.355 e. The van der Waals surface area contributed by atoms with Crippen molar-refractivity contribution in [2.24, 2.45) is 5.92 Å². The van der Waals surface area contributed by atoms with E-state index in [-0.39, 0.29) is 11.8 Å². The second-order valence-corrected chi connectivity index (χ2v) is 5.95. The normalized spacial score (nSPS) is 19.2. The molecule has 0 spiro atoms. The molecule has 4 nitrogen and oxygen atoms in total. The molecule has 1 aromatic heterocycles. The fourth-order valence-corrected chi connectivity index (χ4v) is 3.10. The first-order valence-corrected chi connectivity index (χ1v) is 7.71. The summed E-state index contributed by atoms with van der Waals surface area (Å²) in [4.78, 5) is 16.5.